The van der Waals surface area contributed by atoms with E-state index in [0.717, 1.165) is 18.4 Å². The maximum absolute atomic E-state index is 4.60. The van der Waals surface area contributed by atoms with Gasteiger partial charge in [-0.05, 0) is 31.6 Å². The molecule has 74 valence electrons. The lowest BCUT2D eigenvalue weighted by atomic mass is 10.1. The van der Waals surface area contributed by atoms with Gasteiger partial charge < -0.3 is 5.32 Å². The van der Waals surface area contributed by atoms with Gasteiger partial charge in [-0.2, -0.15) is 0 Å². The highest BCUT2D eigenvalue weighted by atomic mass is 32.2. The Bertz CT molecular complexity index is 211. The highest BCUT2D eigenvalue weighted by molar-refractivity contribution is 8.13. The van der Waals surface area contributed by atoms with E-state index in [9.17, 15) is 0 Å². The number of hydrogen-bond acceptors (Lipinski definition) is 2. The summed E-state index contributed by atoms with van der Waals surface area (Å²) in [6.45, 7) is 5.59. The predicted molar refractivity (Wildman–Crippen MR) is 59.2 cm³/mol. The average molecular weight is 198 g/mol. The largest absolute Gasteiger partial charge is 0.362 e. The molecule has 0 bridgehead atoms. The zero-order chi connectivity index (χ0) is 9.26. The Morgan fingerprint density at radius 3 is 2.85 bits per heavy atom. The first-order chi connectivity index (χ1) is 6.25. The van der Waals surface area contributed by atoms with Crippen molar-refractivity contribution in [1.82, 2.24) is 5.32 Å². The Morgan fingerprint density at radius 2 is 2.23 bits per heavy atom. The normalized spacial score (nSPS) is 37.5. The van der Waals surface area contributed by atoms with E-state index < -0.39 is 0 Å². The van der Waals surface area contributed by atoms with Gasteiger partial charge in [-0.25, -0.2) is 0 Å². The summed E-state index contributed by atoms with van der Waals surface area (Å²) in [6, 6.07) is 0.596. The first-order valence-corrected chi connectivity index (χ1v) is 6.18. The number of rotatable bonds is 2. The van der Waals surface area contributed by atoms with E-state index in [0.29, 0.717) is 6.04 Å². The van der Waals surface area contributed by atoms with Gasteiger partial charge >= 0.3 is 0 Å². The van der Waals surface area contributed by atoms with Gasteiger partial charge in [0.25, 0.3) is 0 Å². The zero-order valence-corrected chi connectivity index (χ0v) is 9.23. The first-order valence-electron chi connectivity index (χ1n) is 5.19. The molecule has 1 saturated heterocycles. The van der Waals surface area contributed by atoms with E-state index in [2.05, 4.69) is 24.2 Å². The summed E-state index contributed by atoms with van der Waals surface area (Å²) >= 11 is 1.88. The van der Waals surface area contributed by atoms with Crippen LogP contribution < -0.4 is 5.32 Å². The number of thioether (sulfide) groups is 1. The maximum Gasteiger partial charge on any atom is 0.156 e. The van der Waals surface area contributed by atoms with Gasteiger partial charge in [-0.15, -0.1) is 0 Å². The summed E-state index contributed by atoms with van der Waals surface area (Å²) in [5.41, 5.74) is 0. The second kappa shape index (κ2) is 3.91. The summed E-state index contributed by atoms with van der Waals surface area (Å²) < 4.78 is 0. The number of amidine groups is 1. The molecule has 1 aliphatic heterocycles. The third-order valence-corrected chi connectivity index (χ3v) is 4.09. The summed E-state index contributed by atoms with van der Waals surface area (Å²) in [7, 11) is 0. The van der Waals surface area contributed by atoms with Crippen LogP contribution in [0.25, 0.3) is 0 Å². The smallest absolute Gasteiger partial charge is 0.156 e. The topological polar surface area (TPSA) is 24.4 Å². The lowest BCUT2D eigenvalue weighted by molar-refractivity contribution is 0.489. The number of nitrogens with one attached hydrogen (secondary N) is 1. The molecule has 0 aromatic carbocycles. The minimum Gasteiger partial charge on any atom is -0.362 e. The van der Waals surface area contributed by atoms with Crippen molar-refractivity contribution in [2.75, 3.05) is 12.3 Å². The van der Waals surface area contributed by atoms with E-state index in [1.807, 2.05) is 11.8 Å². The summed E-state index contributed by atoms with van der Waals surface area (Å²) in [5, 5.41) is 4.64. The molecule has 13 heavy (non-hydrogen) atoms. The molecule has 2 atom stereocenters. The van der Waals surface area contributed by atoms with E-state index in [4.69, 9.17) is 0 Å². The van der Waals surface area contributed by atoms with Crippen LogP contribution in [0.4, 0.5) is 0 Å². The molecule has 0 radical (unpaired) electrons. The Labute approximate surface area is 84.6 Å². The maximum atomic E-state index is 4.60. The van der Waals surface area contributed by atoms with Gasteiger partial charge in [0.2, 0.25) is 0 Å². The van der Waals surface area contributed by atoms with Crippen molar-refractivity contribution >= 4 is 16.9 Å². The fraction of sp³-hybridized carbons (Fsp3) is 0.900. The van der Waals surface area contributed by atoms with Gasteiger partial charge in [0.1, 0.15) is 0 Å². The Balaban J connectivity index is 1.82. The first kappa shape index (κ1) is 9.38. The molecule has 1 saturated carbocycles. The highest BCUT2D eigenvalue weighted by Crippen LogP contribution is 2.29. The third kappa shape index (κ3) is 2.63. The number of nitrogens with zero attached hydrogens (tertiary/aromatic N) is 1. The minimum atomic E-state index is 0.596. The molecular formula is C10H18N2S. The van der Waals surface area contributed by atoms with Gasteiger partial charge in [-0.1, -0.05) is 18.7 Å². The standard InChI is InChI=1S/C10H18N2S/c1-7-6-13-10(12-8(7)2)11-5-9-3-4-9/h7-9H,3-6H2,1-2H3,(H,11,12). The molecule has 2 fully saturated rings. The molecule has 1 N–H and O–H groups in total. The van der Waals surface area contributed by atoms with Crippen molar-refractivity contribution in [2.24, 2.45) is 16.8 Å². The predicted octanol–water partition coefficient (Wildman–Crippen LogP) is 2.11. The van der Waals surface area contributed by atoms with Crippen LogP contribution >= 0.6 is 11.8 Å². The van der Waals surface area contributed by atoms with Crippen LogP contribution in [0.2, 0.25) is 0 Å². The minimum absolute atomic E-state index is 0.596. The van der Waals surface area contributed by atoms with E-state index in [-0.39, 0.29) is 0 Å². The van der Waals surface area contributed by atoms with Crippen molar-refractivity contribution in [1.29, 1.82) is 0 Å². The van der Waals surface area contributed by atoms with Crippen LogP contribution in [0.1, 0.15) is 26.7 Å². The summed E-state index contributed by atoms with van der Waals surface area (Å²) in [6.07, 6.45) is 2.79. The van der Waals surface area contributed by atoms with Crippen molar-refractivity contribution in [3.63, 3.8) is 0 Å². The molecule has 2 aliphatic rings. The zero-order valence-electron chi connectivity index (χ0n) is 8.42. The van der Waals surface area contributed by atoms with Crippen molar-refractivity contribution in [3.05, 3.63) is 0 Å². The van der Waals surface area contributed by atoms with Crippen molar-refractivity contribution in [2.45, 2.75) is 32.7 Å². The van der Waals surface area contributed by atoms with Crippen molar-refractivity contribution < 1.29 is 0 Å². The molecule has 2 rings (SSSR count). The van der Waals surface area contributed by atoms with Crippen LogP contribution in [0.15, 0.2) is 4.99 Å². The van der Waals surface area contributed by atoms with Gasteiger partial charge in [0.15, 0.2) is 5.17 Å². The second-order valence-electron chi connectivity index (χ2n) is 4.31. The van der Waals surface area contributed by atoms with Gasteiger partial charge in [-0.3, -0.25) is 4.99 Å². The van der Waals surface area contributed by atoms with Gasteiger partial charge in [0, 0.05) is 18.3 Å². The monoisotopic (exact) mass is 198 g/mol. The molecule has 0 aromatic heterocycles. The molecule has 3 heteroatoms. The second-order valence-corrected chi connectivity index (χ2v) is 5.32. The Kier molecular flexibility index (Phi) is 2.82. The third-order valence-electron chi connectivity index (χ3n) is 2.88. The Morgan fingerprint density at radius 1 is 1.46 bits per heavy atom. The van der Waals surface area contributed by atoms with Crippen molar-refractivity contribution in [3.8, 4) is 0 Å². The lowest BCUT2D eigenvalue weighted by Crippen LogP contribution is -2.41. The highest BCUT2D eigenvalue weighted by Gasteiger charge is 2.23. The molecule has 0 aromatic rings. The van der Waals surface area contributed by atoms with Gasteiger partial charge in [0.05, 0.1) is 0 Å². The molecule has 2 nitrogen and oxygen atoms in total. The quantitative estimate of drug-likeness (QED) is 0.735. The van der Waals surface area contributed by atoms with E-state index in [1.165, 1.54) is 23.8 Å². The van der Waals surface area contributed by atoms with Crippen LogP contribution in [0.5, 0.6) is 0 Å². The number of aliphatic imine (C=N–C) groups is 1. The summed E-state index contributed by atoms with van der Waals surface area (Å²) in [5.74, 6) is 2.90. The summed E-state index contributed by atoms with van der Waals surface area (Å²) in [4.78, 5) is 4.60. The fourth-order valence-electron chi connectivity index (χ4n) is 1.34. The molecule has 1 aliphatic carbocycles. The van der Waals surface area contributed by atoms with Crippen LogP contribution in [-0.4, -0.2) is 23.5 Å². The molecule has 1 heterocycles. The molecule has 2 unspecified atom stereocenters. The van der Waals surface area contributed by atoms with E-state index in [1.54, 1.807) is 0 Å². The Hall–Kier alpha value is -0.180. The lowest BCUT2D eigenvalue weighted by Gasteiger charge is -2.28. The molecular weight excluding hydrogens is 180 g/mol. The number of hydrogen-bond donors (Lipinski definition) is 1. The van der Waals surface area contributed by atoms with Crippen LogP contribution in [0, 0.1) is 11.8 Å². The molecule has 0 spiro atoms. The fourth-order valence-corrected chi connectivity index (χ4v) is 2.48. The SMILES string of the molecule is CC1CSC(=NCC2CC2)NC1C. The average Bonchev–Trinajstić information content (AvgIpc) is 2.91. The molecule has 0 amide bonds. The van der Waals surface area contributed by atoms with Crippen LogP contribution in [0.3, 0.4) is 0 Å². The van der Waals surface area contributed by atoms with Crippen LogP contribution in [-0.2, 0) is 0 Å². The van der Waals surface area contributed by atoms with E-state index >= 15 is 0 Å².